The molecule has 13 nitrogen and oxygen atoms in total. The van der Waals surface area contributed by atoms with Gasteiger partial charge in [0, 0.05) is 71.6 Å². The number of rotatable bonds is 37. The highest BCUT2D eigenvalue weighted by Gasteiger charge is 2.12. The minimum atomic E-state index is -0.172. The van der Waals surface area contributed by atoms with Crippen molar-refractivity contribution in [3.8, 4) is 12.8 Å². The van der Waals surface area contributed by atoms with E-state index < -0.39 is 0 Å². The van der Waals surface area contributed by atoms with E-state index in [1.165, 1.54) is 31.3 Å². The van der Waals surface area contributed by atoms with Gasteiger partial charge in [0.2, 0.25) is 17.7 Å². The van der Waals surface area contributed by atoms with Crippen LogP contribution in [-0.4, -0.2) is 134 Å². The average molecular weight is 993 g/mol. The molecule has 2 amide bonds. The summed E-state index contributed by atoms with van der Waals surface area (Å²) in [5.41, 5.74) is 3.26. The Hall–Kier alpha value is -4.84. The summed E-state index contributed by atoms with van der Waals surface area (Å²) in [7, 11) is 3.46. The van der Waals surface area contributed by atoms with Gasteiger partial charge in [0.05, 0.1) is 58.5 Å². The quantitative estimate of drug-likeness (QED) is 0.0117. The molecule has 2 N–H and O–H groups in total. The smallest absolute Gasteiger partial charge is 0.244 e. The van der Waals surface area contributed by atoms with Crippen LogP contribution >= 0.6 is 0 Å². The molecule has 1 aliphatic rings. The molecule has 1 unspecified atom stereocenters. The summed E-state index contributed by atoms with van der Waals surface area (Å²) in [6, 6.07) is 0. The molecule has 0 aromatic heterocycles. The van der Waals surface area contributed by atoms with Crippen molar-refractivity contribution in [3.05, 3.63) is 95.8 Å². The molecule has 0 aliphatic carbocycles. The Kier molecular flexibility index (Phi) is 48.2. The van der Waals surface area contributed by atoms with E-state index in [2.05, 4.69) is 72.4 Å². The molecule has 1 atom stereocenters. The van der Waals surface area contributed by atoms with E-state index in [0.717, 1.165) is 69.2 Å². The number of methoxy groups -OCH3 is 1. The lowest BCUT2D eigenvalue weighted by Gasteiger charge is -2.29. The zero-order valence-electron chi connectivity index (χ0n) is 45.6. The molecular formula is C58H96N4O9. The molecule has 0 bridgehead atoms. The zero-order chi connectivity index (χ0) is 53.1. The van der Waals surface area contributed by atoms with Gasteiger partial charge in [-0.25, -0.2) is 0 Å². The lowest BCUT2D eigenvalue weighted by Crippen LogP contribution is -2.29. The molecule has 1 heterocycles. The maximum absolute atomic E-state index is 12.9. The minimum absolute atomic E-state index is 0.0403. The second kappa shape index (κ2) is 50.1. The number of carbonyl (C=O) groups is 3. The van der Waals surface area contributed by atoms with Gasteiger partial charge in [-0.3, -0.25) is 14.6 Å². The number of nitrogens with one attached hydrogen (secondary N) is 2. The van der Waals surface area contributed by atoms with Crippen LogP contribution in [0.4, 0.5) is 0 Å². The number of nitrogens with zero attached hydrogens (tertiary/aromatic N) is 2. The van der Waals surface area contributed by atoms with E-state index in [0.29, 0.717) is 84.9 Å². The number of terminal acetylenes is 1. The van der Waals surface area contributed by atoms with E-state index >= 15 is 0 Å². The Morgan fingerprint density at radius 2 is 1.38 bits per heavy atom. The number of amides is 2. The molecule has 1 rings (SSSR count). The SMILES string of the molecule is C#C.COC(C)(C)C.C\C=C/C=C(\C=C\C(=O)NC/C=C\C(=C/CC(=O)NC/C=C\C(=C/CC)C(C)/C=C\C(=NC)OCCCCCC)N1CCCCC1)CCCOCCOCCOCCOCCC=O. The van der Waals surface area contributed by atoms with Gasteiger partial charge in [0.15, 0.2) is 0 Å². The van der Waals surface area contributed by atoms with Crippen molar-refractivity contribution in [2.24, 2.45) is 10.9 Å². The summed E-state index contributed by atoms with van der Waals surface area (Å²) >= 11 is 0. The predicted molar refractivity (Wildman–Crippen MR) is 294 cm³/mol. The van der Waals surface area contributed by atoms with Crippen LogP contribution in [0.2, 0.25) is 0 Å². The maximum Gasteiger partial charge on any atom is 0.244 e. The lowest BCUT2D eigenvalue weighted by atomic mass is 9.99. The molecule has 402 valence electrons. The van der Waals surface area contributed by atoms with Crippen molar-refractivity contribution in [2.75, 3.05) is 99.8 Å². The summed E-state index contributed by atoms with van der Waals surface area (Å²) in [6.07, 6.45) is 45.7. The van der Waals surface area contributed by atoms with Crippen LogP contribution in [0.1, 0.15) is 126 Å². The highest BCUT2D eigenvalue weighted by Crippen LogP contribution is 2.17. The van der Waals surface area contributed by atoms with Gasteiger partial charge in [-0.2, -0.15) is 0 Å². The normalized spacial score (nSPS) is 14.5. The molecule has 1 saturated heterocycles. The van der Waals surface area contributed by atoms with Gasteiger partial charge in [-0.05, 0) is 102 Å². The van der Waals surface area contributed by atoms with Gasteiger partial charge in [-0.1, -0.05) is 101 Å². The zero-order valence-corrected chi connectivity index (χ0v) is 45.6. The van der Waals surface area contributed by atoms with Crippen LogP contribution in [0.25, 0.3) is 0 Å². The van der Waals surface area contributed by atoms with E-state index in [4.69, 9.17) is 28.4 Å². The molecule has 13 heteroatoms. The number of carbonyl (C=O) groups excluding carboxylic acids is 3. The third-order valence-electron chi connectivity index (χ3n) is 10.4. The Morgan fingerprint density at radius 1 is 0.761 bits per heavy atom. The third kappa shape index (κ3) is 44.8. The molecule has 71 heavy (non-hydrogen) atoms. The van der Waals surface area contributed by atoms with Crippen LogP contribution in [0.15, 0.2) is 101 Å². The number of allylic oxidation sites excluding steroid dienone is 10. The fraction of sp³-hybridized carbons (Fsp3) is 0.621. The van der Waals surface area contributed by atoms with Crippen LogP contribution < -0.4 is 10.6 Å². The van der Waals surface area contributed by atoms with Crippen molar-refractivity contribution >= 4 is 24.0 Å². The summed E-state index contributed by atoms with van der Waals surface area (Å²) in [6.45, 7) is 21.8. The van der Waals surface area contributed by atoms with Crippen molar-refractivity contribution in [2.45, 2.75) is 131 Å². The van der Waals surface area contributed by atoms with Crippen LogP contribution in [-0.2, 0) is 42.8 Å². The van der Waals surface area contributed by atoms with Crippen LogP contribution in [0.3, 0.4) is 0 Å². The predicted octanol–water partition coefficient (Wildman–Crippen LogP) is 10.4. The first-order chi connectivity index (χ1) is 34.4. The lowest BCUT2D eigenvalue weighted by molar-refractivity contribution is -0.120. The molecule has 0 aromatic rings. The maximum atomic E-state index is 12.9. The first-order valence-electron chi connectivity index (χ1n) is 25.9. The number of piperidine rings is 1. The number of ether oxygens (including phenoxy) is 6. The fourth-order valence-corrected chi connectivity index (χ4v) is 6.26. The molecule has 0 aromatic carbocycles. The van der Waals surface area contributed by atoms with Gasteiger partial charge in [-0.15, -0.1) is 12.8 Å². The van der Waals surface area contributed by atoms with E-state index in [9.17, 15) is 14.4 Å². The highest BCUT2D eigenvalue weighted by molar-refractivity contribution is 5.88. The molecule has 1 fully saturated rings. The Balaban J connectivity index is 0. The van der Waals surface area contributed by atoms with Gasteiger partial charge < -0.3 is 48.7 Å². The number of hydrogen-bond acceptors (Lipinski definition) is 11. The van der Waals surface area contributed by atoms with E-state index in [1.807, 2.05) is 82.4 Å². The topological polar surface area (TPSA) is 146 Å². The third-order valence-corrected chi connectivity index (χ3v) is 10.4. The van der Waals surface area contributed by atoms with Gasteiger partial charge in [0.1, 0.15) is 6.29 Å². The largest absolute Gasteiger partial charge is 0.478 e. The standard InChI is InChI=1S/C51H82N4O8.C5H12O.C2H2/c1-6-9-11-15-38-63-51(52-5)30-25-45(4)47(20-8-3)23-16-31-53-50(58)29-27-48(55-33-13-12-14-34-55)24-17-32-54-49(57)28-26-46(21-10-7-2)22-18-36-59-39-41-61-43-44-62-42-40-60-37-19-35-56;1-5(2,3)6-4;1-2/h7,10,16-17,20-21,23-28,30,35,45H,6,8-9,11-15,18-19,22,29,31-34,36-44H2,1-5H3,(H,53,58)(H,54,57);1-4H3;1-2H/b10-7-,23-16-,24-17-,28-26+,30-25-,46-21-,47-20+,48-27+,52-51?;;. The molecular weight excluding hydrogens is 897 g/mol. The van der Waals surface area contributed by atoms with Crippen molar-refractivity contribution in [3.63, 3.8) is 0 Å². The summed E-state index contributed by atoms with van der Waals surface area (Å²) in [4.78, 5) is 42.5. The Bertz CT molecular complexity index is 1640. The fourth-order valence-electron chi connectivity index (χ4n) is 6.26. The monoisotopic (exact) mass is 993 g/mol. The highest BCUT2D eigenvalue weighted by atomic mass is 16.6. The number of aldehydes is 1. The Labute approximate surface area is 431 Å². The summed E-state index contributed by atoms with van der Waals surface area (Å²) in [5.74, 6) is 0.608. The second-order valence-corrected chi connectivity index (χ2v) is 17.4. The molecule has 0 radical (unpaired) electrons. The first kappa shape index (κ1) is 68.2. The van der Waals surface area contributed by atoms with Gasteiger partial charge in [0.25, 0.3) is 0 Å². The second-order valence-electron chi connectivity index (χ2n) is 17.4. The summed E-state index contributed by atoms with van der Waals surface area (Å²) in [5, 5.41) is 5.99. The van der Waals surface area contributed by atoms with Crippen molar-refractivity contribution < 1.29 is 42.8 Å². The van der Waals surface area contributed by atoms with Gasteiger partial charge >= 0.3 is 0 Å². The number of likely N-dealkylation sites (tertiary alicyclic amines) is 1. The number of hydrogen-bond donors (Lipinski definition) is 2. The average Bonchev–Trinajstić information content (AvgIpc) is 3.37. The first-order valence-corrected chi connectivity index (χ1v) is 25.9. The van der Waals surface area contributed by atoms with Crippen LogP contribution in [0, 0.1) is 18.8 Å². The number of unbranched alkanes of at least 4 members (excludes halogenated alkanes) is 3. The molecule has 0 spiro atoms. The van der Waals surface area contributed by atoms with Crippen molar-refractivity contribution in [1.82, 2.24) is 15.5 Å². The van der Waals surface area contributed by atoms with E-state index in [1.54, 1.807) is 20.2 Å². The Morgan fingerprint density at radius 3 is 1.97 bits per heavy atom. The van der Waals surface area contributed by atoms with E-state index in [-0.39, 0.29) is 29.8 Å². The molecule has 1 aliphatic heterocycles. The summed E-state index contributed by atoms with van der Waals surface area (Å²) < 4.78 is 32.7. The van der Waals surface area contributed by atoms with Crippen molar-refractivity contribution in [1.29, 1.82) is 0 Å². The number of aliphatic imine (C=N–C) groups is 1. The molecule has 0 saturated carbocycles. The van der Waals surface area contributed by atoms with Crippen LogP contribution in [0.5, 0.6) is 0 Å². The minimum Gasteiger partial charge on any atom is -0.478 e.